The summed E-state index contributed by atoms with van der Waals surface area (Å²) in [4.78, 5) is 58.5. The molecule has 0 unspecified atom stereocenters. The average molecular weight is 554 g/mol. The second-order valence-electron chi connectivity index (χ2n) is 8.05. The van der Waals surface area contributed by atoms with E-state index in [1.807, 2.05) is 0 Å². The van der Waals surface area contributed by atoms with Gasteiger partial charge in [0, 0.05) is 10.9 Å². The maximum atomic E-state index is 12.4. The summed E-state index contributed by atoms with van der Waals surface area (Å²) in [5.74, 6) is -2.76. The first kappa shape index (κ1) is 26.9. The number of nitrogens with one attached hydrogen (secondary N) is 2. The van der Waals surface area contributed by atoms with Crippen LogP contribution in [0.4, 0.5) is 16.4 Å². The molecule has 0 aliphatic heterocycles. The maximum Gasteiger partial charge on any atom is 0.341 e. The zero-order chi connectivity index (χ0) is 28.1. The predicted molar refractivity (Wildman–Crippen MR) is 138 cm³/mol. The lowest BCUT2D eigenvalue weighted by molar-refractivity contribution is -0.394. The molecule has 1 aliphatic rings. The van der Waals surface area contributed by atoms with Crippen molar-refractivity contribution >= 4 is 51.7 Å². The third kappa shape index (κ3) is 6.04. The van der Waals surface area contributed by atoms with Crippen molar-refractivity contribution in [2.24, 2.45) is 5.10 Å². The van der Waals surface area contributed by atoms with E-state index >= 15 is 0 Å². The van der Waals surface area contributed by atoms with Crippen LogP contribution in [-0.2, 0) is 27.2 Å². The van der Waals surface area contributed by atoms with Crippen LogP contribution in [0.3, 0.4) is 0 Å². The Labute approximate surface area is 223 Å². The van der Waals surface area contributed by atoms with Gasteiger partial charge in [0.1, 0.15) is 10.8 Å². The van der Waals surface area contributed by atoms with E-state index in [9.17, 15) is 34.6 Å². The minimum absolute atomic E-state index is 0.154. The topological polar surface area (TPSA) is 192 Å². The van der Waals surface area contributed by atoms with Crippen LogP contribution in [0.5, 0.6) is 11.5 Å². The molecule has 1 aliphatic carbocycles. The molecule has 200 valence electrons. The van der Waals surface area contributed by atoms with E-state index in [1.54, 1.807) is 12.1 Å². The number of methoxy groups -OCH3 is 1. The second-order valence-corrected chi connectivity index (χ2v) is 9.15. The van der Waals surface area contributed by atoms with E-state index < -0.39 is 39.0 Å². The molecule has 1 aromatic heterocycles. The minimum atomic E-state index is -1.08. The number of aryl methyl sites for hydroxylation is 1. The molecule has 0 atom stereocenters. The molecule has 15 heteroatoms. The van der Waals surface area contributed by atoms with Gasteiger partial charge in [-0.3, -0.25) is 29.8 Å². The molecule has 2 amide bonds. The first-order valence-corrected chi connectivity index (χ1v) is 12.1. The van der Waals surface area contributed by atoms with Crippen LogP contribution >= 0.6 is 11.3 Å². The van der Waals surface area contributed by atoms with Crippen LogP contribution in [0, 0.1) is 20.2 Å². The van der Waals surface area contributed by atoms with Crippen LogP contribution in [0.25, 0.3) is 0 Å². The number of carbonyl (C=O) groups excluding carboxylic acids is 3. The lowest BCUT2D eigenvalue weighted by Crippen LogP contribution is -2.32. The summed E-state index contributed by atoms with van der Waals surface area (Å²) in [6.45, 7) is 0. The molecular formula is C24H19N5O9S. The Morgan fingerprint density at radius 1 is 1.05 bits per heavy atom. The molecule has 39 heavy (non-hydrogen) atoms. The van der Waals surface area contributed by atoms with Gasteiger partial charge in [-0.2, -0.15) is 5.10 Å². The number of hydrogen-bond acceptors (Lipinski definition) is 11. The minimum Gasteiger partial charge on any atom is -0.465 e. The predicted octanol–water partition coefficient (Wildman–Crippen LogP) is 3.72. The standard InChI is InChI=1S/C24H19N5O9S/c1-37-24(32)20-16-6-3-7-19(16)39-23(20)26-21(30)22(31)27-25-12-13-4-2-5-15(10-13)38-18-9-8-14(28(33)34)11-17(18)29(35)36/h2,4-5,8-12H,3,6-7H2,1H3,(H,26,30)(H,27,31)/b25-12+. The van der Waals surface area contributed by atoms with Crippen molar-refractivity contribution in [3.05, 3.63) is 84.3 Å². The van der Waals surface area contributed by atoms with Crippen molar-refractivity contribution in [3.63, 3.8) is 0 Å². The molecule has 0 spiro atoms. The van der Waals surface area contributed by atoms with Crippen LogP contribution in [0.1, 0.15) is 32.8 Å². The highest BCUT2D eigenvalue weighted by atomic mass is 32.1. The van der Waals surface area contributed by atoms with Gasteiger partial charge < -0.3 is 14.8 Å². The summed E-state index contributed by atoms with van der Waals surface area (Å²) < 4.78 is 10.3. The average Bonchev–Trinajstić information content (AvgIpc) is 3.49. The molecule has 0 bridgehead atoms. The van der Waals surface area contributed by atoms with Crippen LogP contribution in [-0.4, -0.2) is 41.0 Å². The van der Waals surface area contributed by atoms with Crippen molar-refractivity contribution in [1.82, 2.24) is 5.43 Å². The van der Waals surface area contributed by atoms with Gasteiger partial charge in [0.25, 0.3) is 5.69 Å². The number of hydrazone groups is 1. The molecule has 14 nitrogen and oxygen atoms in total. The van der Waals surface area contributed by atoms with Crippen LogP contribution in [0.15, 0.2) is 47.6 Å². The smallest absolute Gasteiger partial charge is 0.341 e. The number of fused-ring (bicyclic) bond motifs is 1. The van der Waals surface area contributed by atoms with Crippen molar-refractivity contribution in [2.75, 3.05) is 12.4 Å². The van der Waals surface area contributed by atoms with Crippen molar-refractivity contribution in [3.8, 4) is 11.5 Å². The van der Waals surface area contributed by atoms with E-state index in [-0.39, 0.29) is 22.1 Å². The Balaban J connectivity index is 1.41. The Hall–Kier alpha value is -5.18. The molecule has 0 fully saturated rings. The maximum absolute atomic E-state index is 12.4. The normalized spacial score (nSPS) is 12.0. The molecule has 0 saturated heterocycles. The first-order chi connectivity index (χ1) is 18.7. The Morgan fingerprint density at radius 2 is 1.85 bits per heavy atom. The van der Waals surface area contributed by atoms with Crippen molar-refractivity contribution < 1.29 is 33.7 Å². The first-order valence-electron chi connectivity index (χ1n) is 11.3. The zero-order valence-corrected chi connectivity index (χ0v) is 21.0. The highest BCUT2D eigenvalue weighted by Crippen LogP contribution is 2.39. The fourth-order valence-electron chi connectivity index (χ4n) is 3.82. The number of anilines is 1. The SMILES string of the molecule is COC(=O)c1c(NC(=O)C(=O)N/N=C/c2cccc(Oc3ccc([N+](=O)[O-])cc3[N+](=O)[O-])c2)sc2c1CCC2. The third-order valence-corrected chi connectivity index (χ3v) is 6.77. The number of nitrogens with zero attached hydrogens (tertiary/aromatic N) is 3. The highest BCUT2D eigenvalue weighted by Gasteiger charge is 2.29. The summed E-state index contributed by atoms with van der Waals surface area (Å²) in [6.07, 6.45) is 3.56. The number of thiophene rings is 1. The molecule has 2 aromatic carbocycles. The van der Waals surface area contributed by atoms with Gasteiger partial charge in [-0.25, -0.2) is 10.2 Å². The van der Waals surface area contributed by atoms with Gasteiger partial charge >= 0.3 is 23.5 Å². The molecule has 1 heterocycles. The number of ether oxygens (including phenoxy) is 2. The molecule has 2 N–H and O–H groups in total. The van der Waals surface area contributed by atoms with E-state index in [2.05, 4.69) is 15.8 Å². The van der Waals surface area contributed by atoms with Gasteiger partial charge in [-0.15, -0.1) is 11.3 Å². The van der Waals surface area contributed by atoms with Gasteiger partial charge in [-0.05, 0) is 48.6 Å². The summed E-state index contributed by atoms with van der Waals surface area (Å²) >= 11 is 1.23. The molecule has 0 saturated carbocycles. The monoisotopic (exact) mass is 553 g/mol. The van der Waals surface area contributed by atoms with Crippen molar-refractivity contribution in [1.29, 1.82) is 0 Å². The number of nitro benzene ring substituents is 2. The number of amides is 2. The van der Waals surface area contributed by atoms with Crippen LogP contribution in [0.2, 0.25) is 0 Å². The Morgan fingerprint density at radius 3 is 2.56 bits per heavy atom. The lowest BCUT2D eigenvalue weighted by atomic mass is 10.1. The highest BCUT2D eigenvalue weighted by molar-refractivity contribution is 7.17. The van der Waals surface area contributed by atoms with Gasteiger partial charge in [0.15, 0.2) is 0 Å². The number of hydrogen-bond donors (Lipinski definition) is 2. The summed E-state index contributed by atoms with van der Waals surface area (Å²) in [6, 6.07) is 9.05. The number of carbonyl (C=O) groups is 3. The number of non-ortho nitro benzene ring substituents is 1. The third-order valence-electron chi connectivity index (χ3n) is 5.56. The molecular weight excluding hydrogens is 534 g/mol. The molecule has 0 radical (unpaired) electrons. The number of rotatable bonds is 8. The number of esters is 1. The van der Waals surface area contributed by atoms with E-state index in [0.717, 1.165) is 41.5 Å². The van der Waals surface area contributed by atoms with Crippen molar-refractivity contribution in [2.45, 2.75) is 19.3 Å². The van der Waals surface area contributed by atoms with Gasteiger partial charge in [0.2, 0.25) is 5.75 Å². The van der Waals surface area contributed by atoms with Gasteiger partial charge in [-0.1, -0.05) is 12.1 Å². The second kappa shape index (κ2) is 11.5. The Bertz CT molecular complexity index is 1530. The van der Waals surface area contributed by atoms with Crippen LogP contribution < -0.4 is 15.5 Å². The number of benzene rings is 2. The molecule has 3 aromatic rings. The van der Waals surface area contributed by atoms with Gasteiger partial charge in [0.05, 0.1) is 34.8 Å². The van der Waals surface area contributed by atoms with E-state index in [4.69, 9.17) is 9.47 Å². The van der Waals surface area contributed by atoms with E-state index in [0.29, 0.717) is 12.0 Å². The fourth-order valence-corrected chi connectivity index (χ4v) is 5.09. The quantitative estimate of drug-likeness (QED) is 0.137. The largest absolute Gasteiger partial charge is 0.465 e. The molecule has 4 rings (SSSR count). The zero-order valence-electron chi connectivity index (χ0n) is 20.2. The lowest BCUT2D eigenvalue weighted by Gasteiger charge is -2.07. The summed E-state index contributed by atoms with van der Waals surface area (Å²) in [5, 5.41) is 28.6. The summed E-state index contributed by atoms with van der Waals surface area (Å²) in [5.41, 5.74) is 2.52. The van der Waals surface area contributed by atoms with E-state index in [1.165, 1.54) is 36.8 Å². The Kier molecular flexibility index (Phi) is 7.90. The number of nitro groups is 2. The fraction of sp³-hybridized carbons (Fsp3) is 0.167. The summed E-state index contributed by atoms with van der Waals surface area (Å²) in [7, 11) is 1.24.